The largest absolute Gasteiger partial charge is 0.253 e. The normalized spacial score (nSPS) is 12.3. The molecule has 4 heteroatoms. The second-order valence-corrected chi connectivity index (χ2v) is 9.73. The van der Waals surface area contributed by atoms with E-state index in [9.17, 15) is 8.78 Å². The Morgan fingerprint density at radius 3 is 2.53 bits per heavy atom. The summed E-state index contributed by atoms with van der Waals surface area (Å²) in [5.74, 6) is 0. The Labute approximate surface area is 101 Å². The maximum Gasteiger partial charge on any atom is 0.221 e. The number of benzene rings is 1. The molecule has 0 atom stereocenters. The molecule has 0 aliphatic rings. The minimum Gasteiger partial charge on any atom is -0.253 e. The number of alkyl halides is 2. The molecule has 0 radical (unpaired) electrons. The van der Waals surface area contributed by atoms with E-state index in [-0.39, 0.29) is 0 Å². The zero-order valence-electron chi connectivity index (χ0n) is 9.95. The summed E-state index contributed by atoms with van der Waals surface area (Å²) in [6.07, 6.45) is 0. The van der Waals surface area contributed by atoms with Gasteiger partial charge in [0.05, 0.1) is 5.52 Å². The number of halogens is 2. The van der Waals surface area contributed by atoms with Crippen molar-refractivity contribution in [3.05, 3.63) is 42.1 Å². The van der Waals surface area contributed by atoms with Crippen LogP contribution in [0.3, 0.4) is 0 Å². The summed E-state index contributed by atoms with van der Waals surface area (Å²) in [5.41, 5.74) is 1.66. The number of rotatable bonds is 3. The highest BCUT2D eigenvalue weighted by atomic mass is 28.3. The first-order valence-electron chi connectivity index (χ1n) is 5.62. The van der Waals surface area contributed by atoms with Crippen LogP contribution < -0.4 is 0 Å². The first-order chi connectivity index (χ1) is 7.99. The van der Waals surface area contributed by atoms with E-state index in [1.165, 1.54) is 0 Å². The topological polar surface area (TPSA) is 12.9 Å². The molecular formula is C13H15F2NSi. The first-order valence-corrected chi connectivity index (χ1v) is 8.90. The van der Waals surface area contributed by atoms with Crippen LogP contribution in [0.4, 0.5) is 8.78 Å². The number of hydrogen-bond acceptors (Lipinski definition) is 1. The Kier molecular flexibility index (Phi) is 3.24. The van der Waals surface area contributed by atoms with Gasteiger partial charge in [0, 0.05) is 11.1 Å². The van der Waals surface area contributed by atoms with E-state index in [0.717, 1.165) is 16.6 Å². The van der Waals surface area contributed by atoms with Crippen LogP contribution in [0.1, 0.15) is 5.69 Å². The Bertz CT molecular complexity index is 526. The van der Waals surface area contributed by atoms with Crippen molar-refractivity contribution < 1.29 is 8.78 Å². The van der Waals surface area contributed by atoms with E-state index < -0.39 is 14.1 Å². The fourth-order valence-corrected chi connectivity index (χ4v) is 3.04. The SMILES string of the molecule is C[Si](C)(Cc1ccc2ccccc2n1)C(F)F. The van der Waals surface area contributed by atoms with E-state index in [1.54, 1.807) is 13.1 Å². The van der Waals surface area contributed by atoms with Crippen molar-refractivity contribution in [2.75, 3.05) is 0 Å². The maximum atomic E-state index is 12.8. The Hall–Kier alpha value is -1.29. The molecule has 1 aromatic carbocycles. The van der Waals surface area contributed by atoms with Crippen LogP contribution in [0, 0.1) is 0 Å². The van der Waals surface area contributed by atoms with E-state index >= 15 is 0 Å². The third-order valence-electron chi connectivity index (χ3n) is 2.88. The number of para-hydroxylation sites is 1. The van der Waals surface area contributed by atoms with Crippen LogP contribution in [0.2, 0.25) is 13.1 Å². The molecule has 0 aliphatic carbocycles. The zero-order valence-corrected chi connectivity index (χ0v) is 11.0. The van der Waals surface area contributed by atoms with Gasteiger partial charge in [-0.15, -0.1) is 0 Å². The molecule has 2 aromatic rings. The maximum absolute atomic E-state index is 12.8. The molecule has 2 rings (SSSR count). The molecule has 0 amide bonds. The van der Waals surface area contributed by atoms with E-state index in [2.05, 4.69) is 4.98 Å². The Morgan fingerprint density at radius 2 is 1.82 bits per heavy atom. The fraction of sp³-hybridized carbons (Fsp3) is 0.308. The quantitative estimate of drug-likeness (QED) is 0.755. The highest BCUT2D eigenvalue weighted by Crippen LogP contribution is 2.20. The van der Waals surface area contributed by atoms with Gasteiger partial charge in [-0.25, -0.2) is 8.78 Å². The zero-order chi connectivity index (χ0) is 12.5. The number of fused-ring (bicyclic) bond motifs is 1. The molecule has 1 nitrogen and oxygen atoms in total. The van der Waals surface area contributed by atoms with Crippen molar-refractivity contribution in [3.63, 3.8) is 0 Å². The number of hydrogen-bond donors (Lipinski definition) is 0. The third kappa shape index (κ3) is 2.69. The van der Waals surface area contributed by atoms with Crippen molar-refractivity contribution >= 4 is 19.0 Å². The van der Waals surface area contributed by atoms with Gasteiger partial charge in [0.2, 0.25) is 6.05 Å². The van der Waals surface area contributed by atoms with Gasteiger partial charge in [-0.2, -0.15) is 0 Å². The molecule has 0 aliphatic heterocycles. The minimum atomic E-state index is -2.50. The lowest BCUT2D eigenvalue weighted by molar-refractivity contribution is 0.226. The predicted molar refractivity (Wildman–Crippen MR) is 68.9 cm³/mol. The van der Waals surface area contributed by atoms with Crippen LogP contribution in [0.5, 0.6) is 0 Å². The first kappa shape index (κ1) is 12.2. The second kappa shape index (κ2) is 4.53. The fourth-order valence-electron chi connectivity index (χ4n) is 1.75. The smallest absolute Gasteiger partial charge is 0.221 e. The minimum absolute atomic E-state index is 0.426. The summed E-state index contributed by atoms with van der Waals surface area (Å²) in [4.78, 5) is 4.44. The molecule has 0 fully saturated rings. The molecule has 1 aromatic heterocycles. The lowest BCUT2D eigenvalue weighted by Gasteiger charge is -2.20. The van der Waals surface area contributed by atoms with Gasteiger partial charge < -0.3 is 0 Å². The predicted octanol–water partition coefficient (Wildman–Crippen LogP) is 3.83. The van der Waals surface area contributed by atoms with Gasteiger partial charge >= 0.3 is 0 Å². The van der Waals surface area contributed by atoms with Gasteiger partial charge in [0.25, 0.3) is 0 Å². The highest BCUT2D eigenvalue weighted by molar-refractivity contribution is 6.77. The molecule has 0 saturated heterocycles. The van der Waals surface area contributed by atoms with E-state index in [0.29, 0.717) is 6.04 Å². The van der Waals surface area contributed by atoms with Crippen molar-refractivity contribution in [2.45, 2.75) is 25.2 Å². The van der Waals surface area contributed by atoms with Crippen LogP contribution in [0.25, 0.3) is 10.9 Å². The summed E-state index contributed by atoms with van der Waals surface area (Å²) in [6, 6.07) is 9.78. The number of aromatic nitrogens is 1. The highest BCUT2D eigenvalue weighted by Gasteiger charge is 2.33. The van der Waals surface area contributed by atoms with E-state index in [1.807, 2.05) is 36.4 Å². The molecule has 0 spiro atoms. The summed E-state index contributed by atoms with van der Waals surface area (Å²) in [7, 11) is -2.50. The molecule has 0 bridgehead atoms. The van der Waals surface area contributed by atoms with Crippen molar-refractivity contribution in [1.82, 2.24) is 4.98 Å². The third-order valence-corrected chi connectivity index (χ3v) is 5.34. The van der Waals surface area contributed by atoms with Gasteiger partial charge in [0.15, 0.2) is 0 Å². The van der Waals surface area contributed by atoms with Gasteiger partial charge in [-0.05, 0) is 18.2 Å². The lowest BCUT2D eigenvalue weighted by atomic mass is 10.2. The molecule has 1 heterocycles. The molecule has 0 unspecified atom stereocenters. The molecule has 17 heavy (non-hydrogen) atoms. The molecule has 90 valence electrons. The second-order valence-electron chi connectivity index (χ2n) is 4.96. The van der Waals surface area contributed by atoms with Crippen LogP contribution in [0.15, 0.2) is 36.4 Å². The summed E-state index contributed by atoms with van der Waals surface area (Å²) >= 11 is 0. The molecule has 0 N–H and O–H groups in total. The molecule has 0 saturated carbocycles. The Morgan fingerprint density at radius 1 is 1.12 bits per heavy atom. The summed E-state index contributed by atoms with van der Waals surface area (Å²) in [5, 5.41) is 1.05. The van der Waals surface area contributed by atoms with Crippen LogP contribution >= 0.6 is 0 Å². The monoisotopic (exact) mass is 251 g/mol. The van der Waals surface area contributed by atoms with E-state index in [4.69, 9.17) is 0 Å². The van der Waals surface area contributed by atoms with Crippen molar-refractivity contribution in [3.8, 4) is 0 Å². The average molecular weight is 251 g/mol. The summed E-state index contributed by atoms with van der Waals surface area (Å²) in [6.45, 7) is 3.41. The Balaban J connectivity index is 2.31. The van der Waals surface area contributed by atoms with Crippen LogP contribution in [-0.4, -0.2) is 19.1 Å². The number of nitrogens with zero attached hydrogens (tertiary/aromatic N) is 1. The van der Waals surface area contributed by atoms with Crippen LogP contribution in [-0.2, 0) is 6.04 Å². The van der Waals surface area contributed by atoms with Gasteiger partial charge in [0.1, 0.15) is 8.07 Å². The number of pyridine rings is 1. The lowest BCUT2D eigenvalue weighted by Crippen LogP contribution is -2.39. The standard InChI is InChI=1S/C13H15F2NSi/c1-17(2,13(14)15)9-11-8-7-10-5-3-4-6-12(10)16-11/h3-8,13H,9H2,1-2H3. The average Bonchev–Trinajstić information content (AvgIpc) is 2.28. The summed E-state index contributed by atoms with van der Waals surface area (Å²) < 4.78 is 25.7. The molecular weight excluding hydrogens is 236 g/mol. The van der Waals surface area contributed by atoms with Crippen molar-refractivity contribution in [2.24, 2.45) is 0 Å². The van der Waals surface area contributed by atoms with Gasteiger partial charge in [-0.1, -0.05) is 37.4 Å². The van der Waals surface area contributed by atoms with Crippen molar-refractivity contribution in [1.29, 1.82) is 0 Å². The van der Waals surface area contributed by atoms with Gasteiger partial charge in [-0.3, -0.25) is 4.98 Å².